The monoisotopic (exact) mass is 316 g/mol. The Bertz CT molecular complexity index is 572. The molecule has 0 amide bonds. The van der Waals surface area contributed by atoms with Crippen LogP contribution in [-0.4, -0.2) is 34.7 Å². The average molecular weight is 316 g/mol. The molecular weight excluding hydrogens is 295 g/mol. The van der Waals surface area contributed by atoms with E-state index in [2.05, 4.69) is 10.0 Å². The summed E-state index contributed by atoms with van der Waals surface area (Å²) in [6, 6.07) is 3.80. The first kappa shape index (κ1) is 16.4. The van der Waals surface area contributed by atoms with Gasteiger partial charge in [0.2, 0.25) is 10.0 Å². The first-order chi connectivity index (χ1) is 10.0. The summed E-state index contributed by atoms with van der Waals surface area (Å²) in [5, 5.41) is 2.88. The topological polar surface area (TPSA) is 67.4 Å². The van der Waals surface area contributed by atoms with Crippen molar-refractivity contribution in [3.05, 3.63) is 29.6 Å². The number of halogens is 1. The third kappa shape index (κ3) is 4.47. The second-order valence-corrected chi connectivity index (χ2v) is 6.86. The van der Waals surface area contributed by atoms with Crippen molar-refractivity contribution in [2.75, 3.05) is 20.2 Å². The lowest BCUT2D eigenvalue weighted by atomic mass is 10.1. The van der Waals surface area contributed by atoms with E-state index in [4.69, 9.17) is 4.74 Å². The molecule has 2 N–H and O–H groups in total. The molecule has 0 radical (unpaired) electrons. The fourth-order valence-electron chi connectivity index (χ4n) is 2.36. The maximum absolute atomic E-state index is 13.4. The number of nitrogens with one attached hydrogen (secondary N) is 2. The lowest BCUT2D eigenvalue weighted by Crippen LogP contribution is -2.36. The largest absolute Gasteiger partial charge is 0.377 e. The van der Waals surface area contributed by atoms with Gasteiger partial charge >= 0.3 is 0 Å². The van der Waals surface area contributed by atoms with Crippen molar-refractivity contribution in [2.24, 2.45) is 0 Å². The Kier molecular flexibility index (Phi) is 5.69. The molecule has 1 saturated heterocycles. The molecule has 21 heavy (non-hydrogen) atoms. The highest BCUT2D eigenvalue weighted by Gasteiger charge is 2.22. The highest BCUT2D eigenvalue weighted by atomic mass is 32.2. The minimum Gasteiger partial charge on any atom is -0.377 e. The molecule has 0 bridgehead atoms. The zero-order valence-electron chi connectivity index (χ0n) is 12.1. The molecule has 7 heteroatoms. The van der Waals surface area contributed by atoms with Gasteiger partial charge in [0.05, 0.1) is 11.0 Å². The molecule has 1 atom stereocenters. The predicted molar refractivity (Wildman–Crippen MR) is 77.9 cm³/mol. The van der Waals surface area contributed by atoms with Crippen LogP contribution >= 0.6 is 0 Å². The zero-order chi connectivity index (χ0) is 15.3. The summed E-state index contributed by atoms with van der Waals surface area (Å²) in [5.74, 6) is -0.566. The Labute approximate surface area is 124 Å². The molecule has 0 aromatic heterocycles. The minimum absolute atomic E-state index is 0.0207. The number of hydrogen-bond donors (Lipinski definition) is 2. The minimum atomic E-state index is -3.75. The lowest BCUT2D eigenvalue weighted by molar-refractivity contribution is 0.0200. The molecule has 0 aliphatic carbocycles. The van der Waals surface area contributed by atoms with Gasteiger partial charge in [0.15, 0.2) is 0 Å². The van der Waals surface area contributed by atoms with Gasteiger partial charge in [-0.05, 0) is 44.0 Å². The molecule has 2 rings (SSSR count). The Morgan fingerprint density at radius 2 is 2.19 bits per heavy atom. The van der Waals surface area contributed by atoms with Gasteiger partial charge in [-0.1, -0.05) is 6.07 Å². The van der Waals surface area contributed by atoms with Gasteiger partial charge in [0, 0.05) is 19.7 Å². The number of hydrogen-bond acceptors (Lipinski definition) is 4. The number of sulfonamides is 1. The second-order valence-electron chi connectivity index (χ2n) is 5.12. The van der Waals surface area contributed by atoms with Gasteiger partial charge < -0.3 is 10.1 Å². The standard InChI is InChI=1S/C14H21FN2O3S/c1-16-9-11-5-6-12(15)8-14(11)21(18,19)17-10-13-4-2-3-7-20-13/h5-6,8,13,16-17H,2-4,7,9-10H2,1H3. The van der Waals surface area contributed by atoms with Crippen molar-refractivity contribution in [2.45, 2.75) is 36.8 Å². The van der Waals surface area contributed by atoms with Gasteiger partial charge in [-0.2, -0.15) is 0 Å². The molecule has 0 spiro atoms. The Morgan fingerprint density at radius 1 is 1.38 bits per heavy atom. The van der Waals surface area contributed by atoms with Crippen molar-refractivity contribution in [1.82, 2.24) is 10.0 Å². The first-order valence-corrected chi connectivity index (χ1v) is 8.55. The van der Waals surface area contributed by atoms with Crippen LogP contribution in [0.3, 0.4) is 0 Å². The van der Waals surface area contributed by atoms with Gasteiger partial charge in [-0.15, -0.1) is 0 Å². The quantitative estimate of drug-likeness (QED) is 0.832. The molecule has 1 unspecified atom stereocenters. The summed E-state index contributed by atoms with van der Waals surface area (Å²) in [6.45, 7) is 1.24. The van der Waals surface area contributed by atoms with E-state index in [1.807, 2.05) is 0 Å². The first-order valence-electron chi connectivity index (χ1n) is 7.07. The molecular formula is C14H21FN2O3S. The second kappa shape index (κ2) is 7.31. The Balaban J connectivity index is 2.12. The van der Waals surface area contributed by atoms with Crippen LogP contribution in [0.2, 0.25) is 0 Å². The van der Waals surface area contributed by atoms with E-state index in [1.54, 1.807) is 7.05 Å². The van der Waals surface area contributed by atoms with E-state index in [9.17, 15) is 12.8 Å². The number of ether oxygens (including phenoxy) is 1. The predicted octanol–water partition coefficient (Wildman–Crippen LogP) is 1.39. The zero-order valence-corrected chi connectivity index (χ0v) is 12.9. The third-order valence-electron chi connectivity index (χ3n) is 3.46. The Hall–Kier alpha value is -1.02. The van der Waals surface area contributed by atoms with Gasteiger partial charge in [-0.25, -0.2) is 17.5 Å². The van der Waals surface area contributed by atoms with E-state index in [-0.39, 0.29) is 17.5 Å². The van der Waals surface area contributed by atoms with Crippen LogP contribution < -0.4 is 10.0 Å². The van der Waals surface area contributed by atoms with E-state index < -0.39 is 15.8 Å². The van der Waals surface area contributed by atoms with E-state index in [0.29, 0.717) is 18.7 Å². The van der Waals surface area contributed by atoms with E-state index in [1.165, 1.54) is 12.1 Å². The van der Waals surface area contributed by atoms with Crippen molar-refractivity contribution >= 4 is 10.0 Å². The highest BCUT2D eigenvalue weighted by molar-refractivity contribution is 7.89. The molecule has 5 nitrogen and oxygen atoms in total. The summed E-state index contributed by atoms with van der Waals surface area (Å²) in [7, 11) is -2.03. The summed E-state index contributed by atoms with van der Waals surface area (Å²) in [4.78, 5) is -0.0207. The van der Waals surface area contributed by atoms with Crippen molar-refractivity contribution in [1.29, 1.82) is 0 Å². The average Bonchev–Trinajstić information content (AvgIpc) is 2.48. The lowest BCUT2D eigenvalue weighted by Gasteiger charge is -2.23. The molecule has 0 saturated carbocycles. The normalized spacial score (nSPS) is 19.6. The molecule has 118 valence electrons. The summed E-state index contributed by atoms with van der Waals surface area (Å²) >= 11 is 0. The summed E-state index contributed by atoms with van der Waals surface area (Å²) in [6.07, 6.45) is 2.79. The van der Waals surface area contributed by atoms with Crippen molar-refractivity contribution in [3.8, 4) is 0 Å². The molecule has 1 aliphatic rings. The number of rotatable bonds is 6. The molecule has 1 heterocycles. The maximum atomic E-state index is 13.4. The number of benzene rings is 1. The van der Waals surface area contributed by atoms with E-state index in [0.717, 1.165) is 25.3 Å². The van der Waals surface area contributed by atoms with Crippen LogP contribution in [0.5, 0.6) is 0 Å². The smallest absolute Gasteiger partial charge is 0.241 e. The van der Waals surface area contributed by atoms with Gasteiger partial charge in [0.25, 0.3) is 0 Å². The van der Waals surface area contributed by atoms with Crippen LogP contribution in [0.1, 0.15) is 24.8 Å². The van der Waals surface area contributed by atoms with Gasteiger partial charge in [-0.3, -0.25) is 0 Å². The summed E-state index contributed by atoms with van der Waals surface area (Å²) < 4.78 is 46.1. The molecule has 1 fully saturated rings. The van der Waals surface area contributed by atoms with Gasteiger partial charge in [0.1, 0.15) is 5.82 Å². The van der Waals surface area contributed by atoms with E-state index >= 15 is 0 Å². The van der Waals surface area contributed by atoms with Crippen LogP contribution in [0.4, 0.5) is 4.39 Å². The SMILES string of the molecule is CNCc1ccc(F)cc1S(=O)(=O)NCC1CCCCO1. The summed E-state index contributed by atoms with van der Waals surface area (Å²) in [5.41, 5.74) is 0.538. The highest BCUT2D eigenvalue weighted by Crippen LogP contribution is 2.18. The van der Waals surface area contributed by atoms with Crippen LogP contribution in [0.15, 0.2) is 23.1 Å². The van der Waals surface area contributed by atoms with Crippen LogP contribution in [0, 0.1) is 5.82 Å². The van der Waals surface area contributed by atoms with Crippen molar-refractivity contribution < 1.29 is 17.5 Å². The molecule has 1 aromatic rings. The maximum Gasteiger partial charge on any atom is 0.241 e. The fourth-order valence-corrected chi connectivity index (χ4v) is 3.68. The van der Waals surface area contributed by atoms with Crippen LogP contribution in [-0.2, 0) is 21.3 Å². The third-order valence-corrected chi connectivity index (χ3v) is 4.97. The fraction of sp³-hybridized carbons (Fsp3) is 0.571. The van der Waals surface area contributed by atoms with Crippen molar-refractivity contribution in [3.63, 3.8) is 0 Å². The molecule has 1 aromatic carbocycles. The van der Waals surface area contributed by atoms with Crippen LogP contribution in [0.25, 0.3) is 0 Å². The molecule has 1 aliphatic heterocycles. The Morgan fingerprint density at radius 3 is 2.86 bits per heavy atom.